The topological polar surface area (TPSA) is 119 Å². The molecule has 0 aromatic carbocycles. The van der Waals surface area contributed by atoms with Crippen molar-refractivity contribution in [1.82, 2.24) is 4.90 Å². The van der Waals surface area contributed by atoms with E-state index in [1.54, 1.807) is 5.38 Å². The minimum Gasteiger partial charge on any atom is -0.451 e. The molecule has 0 radical (unpaired) electrons. The van der Waals surface area contributed by atoms with Crippen LogP contribution in [0.25, 0.3) is 0 Å². The van der Waals surface area contributed by atoms with Gasteiger partial charge in [-0.25, -0.2) is 0 Å². The molecule has 25 heavy (non-hydrogen) atoms. The largest absolute Gasteiger partial charge is 0.451 e. The molecule has 0 unspecified atom stereocenters. The van der Waals surface area contributed by atoms with Crippen molar-refractivity contribution >= 4 is 40.0 Å². The van der Waals surface area contributed by atoms with Crippen LogP contribution in [0.5, 0.6) is 0 Å². The molecule has 1 aromatic heterocycles. The van der Waals surface area contributed by atoms with E-state index >= 15 is 0 Å². The predicted octanol–water partition coefficient (Wildman–Crippen LogP) is 1.12. The zero-order valence-electron chi connectivity index (χ0n) is 13.9. The number of hydrogen-bond donors (Lipinski definition) is 2. The van der Waals surface area contributed by atoms with Crippen molar-refractivity contribution in [3.8, 4) is 0 Å². The van der Waals surface area contributed by atoms with Gasteiger partial charge in [-0.15, -0.1) is 11.3 Å². The summed E-state index contributed by atoms with van der Waals surface area (Å²) in [6, 6.07) is 1.50. The number of hydrogen-bond acceptors (Lipinski definition) is 6. The molecule has 2 heterocycles. The Morgan fingerprint density at radius 2 is 2.12 bits per heavy atom. The summed E-state index contributed by atoms with van der Waals surface area (Å²) in [6.07, 6.45) is 2.00. The third-order valence-corrected chi connectivity index (χ3v) is 4.67. The highest BCUT2D eigenvalue weighted by Crippen LogP contribution is 2.23. The second-order valence-electron chi connectivity index (χ2n) is 5.77. The van der Waals surface area contributed by atoms with Gasteiger partial charge >= 0.3 is 5.97 Å². The fourth-order valence-corrected chi connectivity index (χ4v) is 3.26. The van der Waals surface area contributed by atoms with Gasteiger partial charge in [0.2, 0.25) is 5.91 Å². The molecule has 1 aromatic rings. The molecule has 1 aliphatic heterocycles. The molecule has 136 valence electrons. The third kappa shape index (κ3) is 5.28. The zero-order chi connectivity index (χ0) is 18.4. The van der Waals surface area contributed by atoms with E-state index in [0.29, 0.717) is 18.0 Å². The van der Waals surface area contributed by atoms with Crippen LogP contribution in [0.1, 0.15) is 43.0 Å². The number of likely N-dealkylation sites (tertiary alicyclic amines) is 1. The van der Waals surface area contributed by atoms with Gasteiger partial charge in [0.05, 0.1) is 5.56 Å². The lowest BCUT2D eigenvalue weighted by molar-refractivity contribution is -0.156. The molecule has 0 aliphatic carbocycles. The molecule has 0 saturated carbocycles. The Labute approximate surface area is 149 Å². The lowest BCUT2D eigenvalue weighted by Crippen LogP contribution is -2.38. The number of anilines is 1. The number of nitrogens with one attached hydrogen (secondary N) is 1. The smallest absolute Gasteiger partial charge is 0.326 e. The van der Waals surface area contributed by atoms with Gasteiger partial charge in [0.15, 0.2) is 6.10 Å². The minimum atomic E-state index is -1.06. The van der Waals surface area contributed by atoms with Crippen LogP contribution in [0, 0.1) is 0 Å². The number of nitrogens with zero attached hydrogens (tertiary/aromatic N) is 1. The van der Waals surface area contributed by atoms with E-state index in [1.165, 1.54) is 17.9 Å². The molecule has 1 aliphatic rings. The van der Waals surface area contributed by atoms with Crippen LogP contribution in [-0.4, -0.2) is 47.8 Å². The summed E-state index contributed by atoms with van der Waals surface area (Å²) in [4.78, 5) is 48.7. The van der Waals surface area contributed by atoms with Gasteiger partial charge in [0, 0.05) is 13.0 Å². The van der Waals surface area contributed by atoms with E-state index in [9.17, 15) is 19.2 Å². The molecule has 0 bridgehead atoms. The van der Waals surface area contributed by atoms with Crippen molar-refractivity contribution in [2.45, 2.75) is 38.7 Å². The van der Waals surface area contributed by atoms with Gasteiger partial charge < -0.3 is 20.7 Å². The SMILES string of the molecule is C[C@@H](OC(=O)CN1CCCCCC1=O)C(=O)Nc1sccc1C(N)=O. The molecule has 1 fully saturated rings. The quantitative estimate of drug-likeness (QED) is 0.730. The maximum Gasteiger partial charge on any atom is 0.326 e. The molecule has 2 rings (SSSR count). The monoisotopic (exact) mass is 367 g/mol. The average Bonchev–Trinajstić information content (AvgIpc) is 2.92. The van der Waals surface area contributed by atoms with Gasteiger partial charge in [-0.05, 0) is 31.2 Å². The van der Waals surface area contributed by atoms with Gasteiger partial charge in [-0.3, -0.25) is 19.2 Å². The predicted molar refractivity (Wildman–Crippen MR) is 92.1 cm³/mol. The summed E-state index contributed by atoms with van der Waals surface area (Å²) < 4.78 is 5.10. The summed E-state index contributed by atoms with van der Waals surface area (Å²) in [7, 11) is 0. The Morgan fingerprint density at radius 1 is 1.36 bits per heavy atom. The first-order chi connectivity index (χ1) is 11.9. The van der Waals surface area contributed by atoms with Gasteiger partial charge in [0.1, 0.15) is 11.5 Å². The lowest BCUT2D eigenvalue weighted by Gasteiger charge is -2.20. The van der Waals surface area contributed by atoms with Crippen molar-refractivity contribution in [3.63, 3.8) is 0 Å². The van der Waals surface area contributed by atoms with Crippen LogP contribution in [0.3, 0.4) is 0 Å². The third-order valence-electron chi connectivity index (χ3n) is 3.84. The van der Waals surface area contributed by atoms with Crippen molar-refractivity contribution in [1.29, 1.82) is 0 Å². The Hall–Kier alpha value is -2.42. The van der Waals surface area contributed by atoms with Crippen LogP contribution in [-0.2, 0) is 19.1 Å². The summed E-state index contributed by atoms with van der Waals surface area (Å²) in [6.45, 7) is 1.78. The van der Waals surface area contributed by atoms with Crippen LogP contribution in [0.2, 0.25) is 0 Å². The normalized spacial score (nSPS) is 16.0. The molecule has 3 amide bonds. The van der Waals surface area contributed by atoms with Gasteiger partial charge in [-0.1, -0.05) is 6.42 Å². The van der Waals surface area contributed by atoms with Crippen molar-refractivity contribution in [2.75, 3.05) is 18.4 Å². The van der Waals surface area contributed by atoms with Crippen LogP contribution in [0.4, 0.5) is 5.00 Å². The maximum absolute atomic E-state index is 12.1. The number of nitrogens with two attached hydrogens (primary N) is 1. The van der Waals surface area contributed by atoms with E-state index < -0.39 is 23.9 Å². The molecule has 1 saturated heterocycles. The zero-order valence-corrected chi connectivity index (χ0v) is 14.8. The summed E-state index contributed by atoms with van der Waals surface area (Å²) in [5, 5.41) is 4.45. The molecule has 8 nitrogen and oxygen atoms in total. The second kappa shape index (κ2) is 8.61. The van der Waals surface area contributed by atoms with Gasteiger partial charge in [-0.2, -0.15) is 0 Å². The number of carbonyl (C=O) groups excluding carboxylic acids is 4. The summed E-state index contributed by atoms with van der Waals surface area (Å²) in [5.74, 6) is -1.93. The number of ether oxygens (including phenoxy) is 1. The van der Waals surface area contributed by atoms with E-state index in [-0.39, 0.29) is 18.0 Å². The van der Waals surface area contributed by atoms with E-state index in [2.05, 4.69) is 5.32 Å². The van der Waals surface area contributed by atoms with Crippen molar-refractivity contribution in [2.24, 2.45) is 5.73 Å². The van der Waals surface area contributed by atoms with Crippen molar-refractivity contribution in [3.05, 3.63) is 17.0 Å². The maximum atomic E-state index is 12.1. The number of rotatable bonds is 6. The van der Waals surface area contributed by atoms with E-state index in [4.69, 9.17) is 10.5 Å². The number of primary amides is 1. The Balaban J connectivity index is 1.87. The average molecular weight is 367 g/mol. The minimum absolute atomic E-state index is 0.0729. The van der Waals surface area contributed by atoms with Crippen molar-refractivity contribution < 1.29 is 23.9 Å². The van der Waals surface area contributed by atoms with Crippen LogP contribution < -0.4 is 11.1 Å². The number of carbonyl (C=O) groups is 4. The Kier molecular flexibility index (Phi) is 6.51. The van der Waals surface area contributed by atoms with E-state index in [0.717, 1.165) is 30.6 Å². The molecule has 1 atom stereocenters. The fourth-order valence-electron chi connectivity index (χ4n) is 2.46. The lowest BCUT2D eigenvalue weighted by atomic mass is 10.2. The molecule has 3 N–H and O–H groups in total. The summed E-state index contributed by atoms with van der Waals surface area (Å²) in [5.41, 5.74) is 5.42. The van der Waals surface area contributed by atoms with Crippen LogP contribution >= 0.6 is 11.3 Å². The molecule has 0 spiro atoms. The Morgan fingerprint density at radius 3 is 2.84 bits per heavy atom. The number of esters is 1. The molecular formula is C16H21N3O5S. The molecular weight excluding hydrogens is 346 g/mol. The molecule has 9 heteroatoms. The van der Waals surface area contributed by atoms with Gasteiger partial charge in [0.25, 0.3) is 11.8 Å². The summed E-state index contributed by atoms with van der Waals surface area (Å²) >= 11 is 1.15. The Bertz CT molecular complexity index is 672. The highest BCUT2D eigenvalue weighted by Gasteiger charge is 2.24. The first kappa shape index (κ1) is 18.9. The van der Waals surface area contributed by atoms with E-state index in [1.807, 2.05) is 0 Å². The second-order valence-corrected chi connectivity index (χ2v) is 6.69. The first-order valence-electron chi connectivity index (χ1n) is 8.04. The highest BCUT2D eigenvalue weighted by atomic mass is 32.1. The van der Waals surface area contributed by atoms with Crippen LogP contribution in [0.15, 0.2) is 11.4 Å². The fraction of sp³-hybridized carbons (Fsp3) is 0.500. The highest BCUT2D eigenvalue weighted by molar-refractivity contribution is 7.14. The standard InChI is InChI=1S/C16H21N3O5S/c1-10(15(23)18-16-11(14(17)22)6-8-25-16)24-13(21)9-19-7-4-2-3-5-12(19)20/h6,8,10H,2-5,7,9H2,1H3,(H2,17,22)(H,18,23)/t10-/m1/s1. The number of amides is 3. The first-order valence-corrected chi connectivity index (χ1v) is 8.92. The number of thiophene rings is 1.